The lowest BCUT2D eigenvalue weighted by Gasteiger charge is -2.39. The van der Waals surface area contributed by atoms with Crippen LogP contribution < -0.4 is 15.1 Å². The molecule has 2 aromatic carbocycles. The fraction of sp³-hybridized carbons (Fsp3) is 0.381. The second-order valence-electron chi connectivity index (χ2n) is 7.33. The van der Waals surface area contributed by atoms with Crippen molar-refractivity contribution >= 4 is 33.3 Å². The zero-order valence-electron chi connectivity index (χ0n) is 16.6. The summed E-state index contributed by atoms with van der Waals surface area (Å²) in [7, 11) is 1.51. The molecule has 0 radical (unpaired) electrons. The zero-order valence-corrected chi connectivity index (χ0v) is 17.4. The third-order valence-corrected chi connectivity index (χ3v) is 5.74. The molecule has 5 atom stereocenters. The molecule has 1 saturated heterocycles. The van der Waals surface area contributed by atoms with Gasteiger partial charge in [-0.3, -0.25) is 0 Å². The normalized spacial score (nSPS) is 26.4. The molecule has 3 aromatic rings. The van der Waals surface area contributed by atoms with Gasteiger partial charge in [-0.25, -0.2) is 4.79 Å². The van der Waals surface area contributed by atoms with E-state index in [2.05, 4.69) is 0 Å². The first kappa shape index (κ1) is 21.8. The minimum Gasteiger partial charge on any atom is -0.497 e. The van der Waals surface area contributed by atoms with Crippen LogP contribution in [0, 0.1) is 6.92 Å². The Kier molecular flexibility index (Phi) is 5.82. The Balaban J connectivity index is 1.83. The molecule has 0 bridgehead atoms. The number of benzene rings is 2. The SMILES string of the molecule is COc1ccc2c(=O)oc3c(Cl)c(O[C@@H]4O[C@H](CO)[C@@H](O)[C@H](O)[C@H]4O)cc(C)c3c2c1. The molecule has 166 valence electrons. The number of ether oxygens (including phenoxy) is 3. The number of methoxy groups -OCH3 is 1. The van der Waals surface area contributed by atoms with Crippen molar-refractivity contribution in [1.82, 2.24) is 0 Å². The molecule has 0 unspecified atom stereocenters. The van der Waals surface area contributed by atoms with Gasteiger partial charge in [0.05, 0.1) is 19.1 Å². The number of aliphatic hydroxyl groups excluding tert-OH is 4. The first-order valence-corrected chi connectivity index (χ1v) is 9.85. The summed E-state index contributed by atoms with van der Waals surface area (Å²) in [5, 5.41) is 40.9. The van der Waals surface area contributed by atoms with E-state index in [1.807, 2.05) is 0 Å². The first-order valence-electron chi connectivity index (χ1n) is 9.47. The topological polar surface area (TPSA) is 139 Å². The van der Waals surface area contributed by atoms with Gasteiger partial charge >= 0.3 is 5.63 Å². The predicted molar refractivity (Wildman–Crippen MR) is 111 cm³/mol. The second-order valence-corrected chi connectivity index (χ2v) is 7.70. The number of rotatable bonds is 4. The van der Waals surface area contributed by atoms with E-state index in [4.69, 9.17) is 30.2 Å². The van der Waals surface area contributed by atoms with Gasteiger partial charge in [0, 0.05) is 10.8 Å². The second kappa shape index (κ2) is 8.27. The number of hydrogen-bond donors (Lipinski definition) is 4. The van der Waals surface area contributed by atoms with Gasteiger partial charge in [-0.1, -0.05) is 11.6 Å². The molecule has 1 aliphatic heterocycles. The number of aryl methyl sites for hydroxylation is 1. The highest BCUT2D eigenvalue weighted by Gasteiger charge is 2.45. The standard InChI is InChI=1S/C21H21ClO9/c1-8-5-12(29-21-18(26)17(25)16(24)13(7-23)30-21)15(22)19-14(8)11-6-9(28-2)3-4-10(11)20(27)31-19/h3-6,13,16-18,21,23-26H,7H2,1-2H3/t13-,16-,17+,18-,21-/m1/s1. The predicted octanol–water partition coefficient (Wildman–Crippen LogP) is 1.10. The van der Waals surface area contributed by atoms with Gasteiger partial charge in [0.1, 0.15) is 40.9 Å². The van der Waals surface area contributed by atoms with Gasteiger partial charge in [0.25, 0.3) is 0 Å². The smallest absolute Gasteiger partial charge is 0.344 e. The zero-order chi connectivity index (χ0) is 22.4. The van der Waals surface area contributed by atoms with Crippen molar-refractivity contribution in [3.8, 4) is 11.5 Å². The van der Waals surface area contributed by atoms with E-state index >= 15 is 0 Å². The summed E-state index contributed by atoms with van der Waals surface area (Å²) in [5.74, 6) is 0.581. The van der Waals surface area contributed by atoms with E-state index in [1.54, 1.807) is 31.2 Å². The van der Waals surface area contributed by atoms with Crippen LogP contribution in [0.15, 0.2) is 33.5 Å². The number of halogens is 1. The molecule has 0 spiro atoms. The van der Waals surface area contributed by atoms with Gasteiger partial charge in [-0.2, -0.15) is 0 Å². The van der Waals surface area contributed by atoms with Gasteiger partial charge < -0.3 is 39.1 Å². The molecule has 0 aliphatic carbocycles. The van der Waals surface area contributed by atoms with Crippen LogP contribution in [-0.2, 0) is 4.74 Å². The maximum Gasteiger partial charge on any atom is 0.344 e. The molecular formula is C21H21ClO9. The Morgan fingerprint density at radius 1 is 1.10 bits per heavy atom. The van der Waals surface area contributed by atoms with E-state index in [9.17, 15) is 25.2 Å². The maximum absolute atomic E-state index is 12.5. The lowest BCUT2D eigenvalue weighted by Crippen LogP contribution is -2.60. The number of hydrogen-bond acceptors (Lipinski definition) is 9. The molecular weight excluding hydrogens is 432 g/mol. The molecule has 9 nitrogen and oxygen atoms in total. The maximum atomic E-state index is 12.5. The summed E-state index contributed by atoms with van der Waals surface area (Å²) in [6.07, 6.45) is -7.31. The van der Waals surface area contributed by atoms with Gasteiger partial charge in [-0.05, 0) is 36.8 Å². The van der Waals surface area contributed by atoms with Crippen LogP contribution >= 0.6 is 11.6 Å². The molecule has 10 heteroatoms. The van der Waals surface area contributed by atoms with E-state index < -0.39 is 42.9 Å². The molecule has 4 N–H and O–H groups in total. The fourth-order valence-corrected chi connectivity index (χ4v) is 3.95. The summed E-state index contributed by atoms with van der Waals surface area (Å²) in [4.78, 5) is 12.5. The van der Waals surface area contributed by atoms with Gasteiger partial charge in [-0.15, -0.1) is 0 Å². The molecule has 1 aromatic heterocycles. The summed E-state index contributed by atoms with van der Waals surface area (Å²) in [5.41, 5.74) is 0.129. The minimum absolute atomic E-state index is 0.0291. The molecule has 4 rings (SSSR count). The average molecular weight is 453 g/mol. The lowest BCUT2D eigenvalue weighted by molar-refractivity contribution is -0.277. The summed E-state index contributed by atoms with van der Waals surface area (Å²) < 4.78 is 21.7. The molecule has 2 heterocycles. The van der Waals surface area contributed by atoms with E-state index in [0.29, 0.717) is 27.5 Å². The van der Waals surface area contributed by atoms with Gasteiger partial charge in [0.2, 0.25) is 6.29 Å². The van der Waals surface area contributed by atoms with E-state index in [0.717, 1.165) is 0 Å². The highest BCUT2D eigenvalue weighted by molar-refractivity contribution is 6.37. The quantitative estimate of drug-likeness (QED) is 0.338. The summed E-state index contributed by atoms with van der Waals surface area (Å²) >= 11 is 6.47. The number of fused-ring (bicyclic) bond motifs is 3. The Hall–Kier alpha value is -2.40. The first-order chi connectivity index (χ1) is 14.8. The Bertz CT molecular complexity index is 1190. The van der Waals surface area contributed by atoms with Crippen LogP contribution in [0.3, 0.4) is 0 Å². The monoisotopic (exact) mass is 452 g/mol. The highest BCUT2D eigenvalue weighted by Crippen LogP contribution is 2.39. The van der Waals surface area contributed by atoms with Crippen molar-refractivity contribution in [2.45, 2.75) is 37.6 Å². The molecule has 1 aliphatic rings. The Morgan fingerprint density at radius 3 is 2.52 bits per heavy atom. The van der Waals surface area contributed by atoms with Crippen LogP contribution in [0.4, 0.5) is 0 Å². The Morgan fingerprint density at radius 2 is 1.84 bits per heavy atom. The highest BCUT2D eigenvalue weighted by atomic mass is 35.5. The average Bonchev–Trinajstić information content (AvgIpc) is 2.76. The van der Waals surface area contributed by atoms with Crippen LogP contribution in [0.25, 0.3) is 21.7 Å². The summed E-state index contributed by atoms with van der Waals surface area (Å²) in [6.45, 7) is 1.16. The van der Waals surface area contributed by atoms with Crippen LogP contribution in [0.2, 0.25) is 5.02 Å². The van der Waals surface area contributed by atoms with Crippen molar-refractivity contribution < 1.29 is 39.1 Å². The fourth-order valence-electron chi connectivity index (χ4n) is 3.72. The van der Waals surface area contributed by atoms with Crippen molar-refractivity contribution in [1.29, 1.82) is 0 Å². The van der Waals surface area contributed by atoms with Crippen molar-refractivity contribution in [3.63, 3.8) is 0 Å². The van der Waals surface area contributed by atoms with Crippen molar-refractivity contribution in [2.75, 3.05) is 13.7 Å². The van der Waals surface area contributed by atoms with E-state index in [-0.39, 0.29) is 16.4 Å². The molecule has 0 amide bonds. The molecule has 1 fully saturated rings. The third kappa shape index (κ3) is 3.63. The van der Waals surface area contributed by atoms with Crippen LogP contribution in [0.1, 0.15) is 5.56 Å². The third-order valence-electron chi connectivity index (χ3n) is 5.39. The Labute approximate surface area is 180 Å². The molecule has 0 saturated carbocycles. The lowest BCUT2D eigenvalue weighted by atomic mass is 9.99. The van der Waals surface area contributed by atoms with Crippen LogP contribution in [-0.4, -0.2) is 64.8 Å². The van der Waals surface area contributed by atoms with Crippen molar-refractivity contribution in [3.05, 3.63) is 45.3 Å². The largest absolute Gasteiger partial charge is 0.497 e. The summed E-state index contributed by atoms with van der Waals surface area (Å²) in [6, 6.07) is 6.53. The van der Waals surface area contributed by atoms with Gasteiger partial charge in [0.15, 0.2) is 5.58 Å². The number of aliphatic hydroxyl groups is 4. The molecule has 31 heavy (non-hydrogen) atoms. The minimum atomic E-state index is -1.61. The van der Waals surface area contributed by atoms with E-state index in [1.165, 1.54) is 7.11 Å². The van der Waals surface area contributed by atoms with Crippen molar-refractivity contribution in [2.24, 2.45) is 0 Å². The van der Waals surface area contributed by atoms with Crippen LogP contribution in [0.5, 0.6) is 11.5 Å².